The van der Waals surface area contributed by atoms with Crippen molar-refractivity contribution in [2.75, 3.05) is 26.4 Å². The van der Waals surface area contributed by atoms with Crippen LogP contribution in [-0.2, 0) is 15.7 Å². The molecule has 0 radical (unpaired) electrons. The molecular formula is C16H21BrF3NO4. The van der Waals surface area contributed by atoms with Crippen molar-refractivity contribution in [2.45, 2.75) is 44.1 Å². The van der Waals surface area contributed by atoms with Crippen molar-refractivity contribution in [1.29, 1.82) is 0 Å². The molecule has 0 unspecified atom stereocenters. The summed E-state index contributed by atoms with van der Waals surface area (Å²) < 4.78 is 55.5. The van der Waals surface area contributed by atoms with E-state index in [4.69, 9.17) is 19.3 Å². The van der Waals surface area contributed by atoms with Crippen LogP contribution in [0, 0.1) is 0 Å². The first-order valence-corrected chi connectivity index (χ1v) is 8.89. The van der Waals surface area contributed by atoms with Crippen LogP contribution < -0.4 is 4.74 Å². The third-order valence-electron chi connectivity index (χ3n) is 3.69. The highest BCUT2D eigenvalue weighted by atomic mass is 79.9. The Morgan fingerprint density at radius 2 is 1.88 bits per heavy atom. The van der Waals surface area contributed by atoms with E-state index in [0.717, 1.165) is 12.5 Å². The number of halogens is 4. The van der Waals surface area contributed by atoms with Gasteiger partial charge in [0, 0.05) is 49.9 Å². The highest BCUT2D eigenvalue weighted by Crippen LogP contribution is 2.38. The second-order valence-electron chi connectivity index (χ2n) is 5.75. The van der Waals surface area contributed by atoms with E-state index in [1.54, 1.807) is 0 Å². The number of hydrogen-bond donors (Lipinski definition) is 1. The molecule has 1 fully saturated rings. The minimum absolute atomic E-state index is 0.00720. The standard InChI is InChI=1S/C16H21BrF3NO4/c17-11-7-14(16(18,19)20)15(21-10-11)25-13-8-12(9-13)24-6-2-5-23-4-1-3-22/h7,10,12-13,22H,1-6,8-9H2. The molecule has 0 amide bonds. The lowest BCUT2D eigenvalue weighted by Crippen LogP contribution is -2.40. The maximum absolute atomic E-state index is 13.0. The van der Waals surface area contributed by atoms with Crippen LogP contribution in [-0.4, -0.2) is 48.7 Å². The molecule has 1 aliphatic carbocycles. The molecule has 5 nitrogen and oxygen atoms in total. The van der Waals surface area contributed by atoms with Crippen LogP contribution in [0.4, 0.5) is 13.2 Å². The van der Waals surface area contributed by atoms with Gasteiger partial charge in [-0.2, -0.15) is 13.2 Å². The minimum Gasteiger partial charge on any atom is -0.474 e. The molecule has 9 heteroatoms. The van der Waals surface area contributed by atoms with Crippen LogP contribution in [0.15, 0.2) is 16.7 Å². The zero-order chi connectivity index (χ0) is 18.3. The van der Waals surface area contributed by atoms with Crippen molar-refractivity contribution < 1.29 is 32.5 Å². The van der Waals surface area contributed by atoms with E-state index in [0.29, 0.717) is 39.1 Å². The van der Waals surface area contributed by atoms with E-state index in [2.05, 4.69) is 20.9 Å². The van der Waals surface area contributed by atoms with Gasteiger partial charge in [0.05, 0.1) is 6.10 Å². The van der Waals surface area contributed by atoms with E-state index in [1.807, 2.05) is 0 Å². The Bertz CT molecular complexity index is 539. The van der Waals surface area contributed by atoms with E-state index in [1.165, 1.54) is 6.20 Å². The van der Waals surface area contributed by atoms with Crippen molar-refractivity contribution in [2.24, 2.45) is 0 Å². The van der Waals surface area contributed by atoms with Crippen molar-refractivity contribution in [3.63, 3.8) is 0 Å². The van der Waals surface area contributed by atoms with Gasteiger partial charge in [-0.15, -0.1) is 0 Å². The molecule has 1 aromatic rings. The predicted octanol–water partition coefficient (Wildman–Crippen LogP) is 3.58. The van der Waals surface area contributed by atoms with Gasteiger partial charge in [0.15, 0.2) is 0 Å². The molecule has 0 aromatic carbocycles. The number of alkyl halides is 3. The van der Waals surface area contributed by atoms with E-state index >= 15 is 0 Å². The number of aromatic nitrogens is 1. The Kier molecular flexibility index (Phi) is 7.92. The molecule has 1 aromatic heterocycles. The summed E-state index contributed by atoms with van der Waals surface area (Å²) in [5.41, 5.74) is -0.883. The number of rotatable bonds is 10. The average molecular weight is 428 g/mol. The first kappa shape index (κ1) is 20.4. The maximum Gasteiger partial charge on any atom is 0.421 e. The first-order chi connectivity index (χ1) is 11.9. The summed E-state index contributed by atoms with van der Waals surface area (Å²) in [6.45, 7) is 1.73. The number of aliphatic hydroxyl groups is 1. The quantitative estimate of drug-likeness (QED) is 0.578. The molecule has 1 heterocycles. The fourth-order valence-electron chi connectivity index (χ4n) is 2.31. The van der Waals surface area contributed by atoms with Gasteiger partial charge in [-0.05, 0) is 34.8 Å². The third kappa shape index (κ3) is 6.73. The summed E-state index contributed by atoms with van der Waals surface area (Å²) >= 11 is 2.99. The number of hydrogen-bond acceptors (Lipinski definition) is 5. The molecule has 1 saturated carbocycles. The van der Waals surface area contributed by atoms with E-state index in [-0.39, 0.29) is 23.3 Å². The van der Waals surface area contributed by atoms with Gasteiger partial charge in [0.25, 0.3) is 0 Å². The van der Waals surface area contributed by atoms with Crippen molar-refractivity contribution in [3.05, 3.63) is 22.3 Å². The molecule has 2 rings (SSSR count). The summed E-state index contributed by atoms with van der Waals surface area (Å²) in [5, 5.41) is 8.60. The summed E-state index contributed by atoms with van der Waals surface area (Å²) in [7, 11) is 0. The fraction of sp³-hybridized carbons (Fsp3) is 0.688. The van der Waals surface area contributed by atoms with Crippen LogP contribution in [0.5, 0.6) is 5.88 Å². The van der Waals surface area contributed by atoms with Crippen molar-refractivity contribution in [1.82, 2.24) is 4.98 Å². The number of nitrogens with zero attached hydrogens (tertiary/aromatic N) is 1. The number of ether oxygens (including phenoxy) is 3. The van der Waals surface area contributed by atoms with Crippen LogP contribution >= 0.6 is 15.9 Å². The lowest BCUT2D eigenvalue weighted by Gasteiger charge is -2.35. The molecule has 142 valence electrons. The lowest BCUT2D eigenvalue weighted by molar-refractivity contribution is -0.141. The van der Waals surface area contributed by atoms with Gasteiger partial charge in [0.2, 0.25) is 5.88 Å². The Balaban J connectivity index is 1.67. The number of aliphatic hydroxyl groups excluding tert-OH is 1. The van der Waals surface area contributed by atoms with Gasteiger partial charge in [0.1, 0.15) is 11.7 Å². The summed E-state index contributed by atoms with van der Waals surface area (Å²) in [6.07, 6.45) is -1.11. The van der Waals surface area contributed by atoms with Crippen LogP contribution in [0.25, 0.3) is 0 Å². The zero-order valence-electron chi connectivity index (χ0n) is 13.6. The molecule has 0 atom stereocenters. The second kappa shape index (κ2) is 9.70. The normalized spacial score (nSPS) is 20.4. The Morgan fingerprint density at radius 3 is 2.56 bits per heavy atom. The van der Waals surface area contributed by atoms with E-state index < -0.39 is 17.6 Å². The van der Waals surface area contributed by atoms with Crippen LogP contribution in [0.3, 0.4) is 0 Å². The van der Waals surface area contributed by atoms with Crippen LogP contribution in [0.2, 0.25) is 0 Å². The minimum atomic E-state index is -4.51. The highest BCUT2D eigenvalue weighted by Gasteiger charge is 2.38. The molecule has 0 saturated heterocycles. The Hall–Kier alpha value is -0.900. The third-order valence-corrected chi connectivity index (χ3v) is 4.12. The van der Waals surface area contributed by atoms with Crippen LogP contribution in [0.1, 0.15) is 31.2 Å². The average Bonchev–Trinajstić information content (AvgIpc) is 2.51. The molecular weight excluding hydrogens is 407 g/mol. The molecule has 0 spiro atoms. The van der Waals surface area contributed by atoms with Crippen molar-refractivity contribution >= 4 is 15.9 Å². The zero-order valence-corrected chi connectivity index (χ0v) is 15.2. The van der Waals surface area contributed by atoms with E-state index in [9.17, 15) is 13.2 Å². The van der Waals surface area contributed by atoms with Crippen molar-refractivity contribution in [3.8, 4) is 5.88 Å². The van der Waals surface area contributed by atoms with Gasteiger partial charge >= 0.3 is 6.18 Å². The lowest BCUT2D eigenvalue weighted by atomic mass is 9.92. The molecule has 1 aliphatic rings. The molecule has 1 N–H and O–H groups in total. The SMILES string of the molecule is OCCCOCCCOC1CC(Oc2ncc(Br)cc2C(F)(F)F)C1. The summed E-state index contributed by atoms with van der Waals surface area (Å²) in [6, 6.07) is 0.964. The molecule has 25 heavy (non-hydrogen) atoms. The maximum atomic E-state index is 13.0. The Labute approximate surface area is 152 Å². The summed E-state index contributed by atoms with van der Waals surface area (Å²) in [4.78, 5) is 3.74. The largest absolute Gasteiger partial charge is 0.474 e. The topological polar surface area (TPSA) is 60.8 Å². The second-order valence-corrected chi connectivity index (χ2v) is 6.67. The monoisotopic (exact) mass is 427 g/mol. The number of pyridine rings is 1. The molecule has 0 aliphatic heterocycles. The smallest absolute Gasteiger partial charge is 0.421 e. The Morgan fingerprint density at radius 1 is 1.16 bits per heavy atom. The van der Waals surface area contributed by atoms with Gasteiger partial charge < -0.3 is 19.3 Å². The highest BCUT2D eigenvalue weighted by molar-refractivity contribution is 9.10. The molecule has 0 bridgehead atoms. The fourth-order valence-corrected chi connectivity index (χ4v) is 2.64. The first-order valence-electron chi connectivity index (χ1n) is 8.09. The van der Waals surface area contributed by atoms with Gasteiger partial charge in [-0.1, -0.05) is 0 Å². The van der Waals surface area contributed by atoms with Gasteiger partial charge in [-0.3, -0.25) is 0 Å². The van der Waals surface area contributed by atoms with Gasteiger partial charge in [-0.25, -0.2) is 4.98 Å². The summed E-state index contributed by atoms with van der Waals surface area (Å²) in [5.74, 6) is -0.392. The predicted molar refractivity (Wildman–Crippen MR) is 87.5 cm³/mol.